The summed E-state index contributed by atoms with van der Waals surface area (Å²) >= 11 is 3.17. The summed E-state index contributed by atoms with van der Waals surface area (Å²) in [7, 11) is 2.65. The van der Waals surface area contributed by atoms with E-state index in [1.165, 1.54) is 19.2 Å². The van der Waals surface area contributed by atoms with Crippen LogP contribution in [0.4, 0.5) is 0 Å². The van der Waals surface area contributed by atoms with Crippen molar-refractivity contribution in [2.24, 2.45) is 0 Å². The molecule has 0 atom stereocenters. The van der Waals surface area contributed by atoms with Gasteiger partial charge in [0.1, 0.15) is 4.90 Å². The fourth-order valence-corrected chi connectivity index (χ4v) is 3.27. The van der Waals surface area contributed by atoms with E-state index in [2.05, 4.69) is 21.2 Å². The molecule has 0 radical (unpaired) electrons. The zero-order valence-corrected chi connectivity index (χ0v) is 14.6. The Bertz CT molecular complexity index is 638. The van der Waals surface area contributed by atoms with Gasteiger partial charge in [-0.15, -0.1) is 0 Å². The Hall–Kier alpha value is -0.790. The highest BCUT2D eigenvalue weighted by Crippen LogP contribution is 2.35. The fourth-order valence-electron chi connectivity index (χ4n) is 1.49. The molecule has 0 aliphatic rings. The van der Waals surface area contributed by atoms with Gasteiger partial charge < -0.3 is 10.1 Å². The highest BCUT2D eigenvalue weighted by Gasteiger charge is 2.24. The van der Waals surface area contributed by atoms with Crippen molar-refractivity contribution in [1.82, 2.24) is 5.32 Å². The molecule has 0 spiro atoms. The molecule has 1 N–H and O–H groups in total. The van der Waals surface area contributed by atoms with Gasteiger partial charge in [0, 0.05) is 21.8 Å². The Morgan fingerprint density at radius 3 is 2.30 bits per heavy atom. The maximum absolute atomic E-state index is 12.1. The number of carbonyl (C=O) groups is 1. The maximum atomic E-state index is 12.1. The normalized spacial score (nSPS) is 12.1. The maximum Gasteiger partial charge on any atom is 0.265 e. The molecular weight excluding hydrogens is 370 g/mol. The molecule has 0 aliphatic carbocycles. The molecule has 20 heavy (non-hydrogen) atoms. The van der Waals surface area contributed by atoms with Crippen LogP contribution in [-0.4, -0.2) is 27.0 Å². The lowest BCUT2D eigenvalue weighted by molar-refractivity contribution is 0.0919. The minimum Gasteiger partial charge on any atom is -0.494 e. The van der Waals surface area contributed by atoms with Gasteiger partial charge in [0.15, 0.2) is 5.75 Å². The van der Waals surface area contributed by atoms with Crippen molar-refractivity contribution < 1.29 is 17.9 Å². The molecule has 0 bridgehead atoms. The van der Waals surface area contributed by atoms with Crippen LogP contribution in [0.25, 0.3) is 0 Å². The average Bonchev–Trinajstić information content (AvgIpc) is 2.24. The largest absolute Gasteiger partial charge is 0.494 e. The van der Waals surface area contributed by atoms with Crippen molar-refractivity contribution in [3.63, 3.8) is 0 Å². The lowest BCUT2D eigenvalue weighted by Crippen LogP contribution is -2.40. The van der Waals surface area contributed by atoms with Gasteiger partial charge in [0.25, 0.3) is 15.0 Å². The smallest absolute Gasteiger partial charge is 0.265 e. The average molecular weight is 385 g/mol. The Morgan fingerprint density at radius 2 is 1.90 bits per heavy atom. The highest BCUT2D eigenvalue weighted by atomic mass is 79.9. The van der Waals surface area contributed by atoms with E-state index in [0.717, 1.165) is 0 Å². The van der Waals surface area contributed by atoms with Gasteiger partial charge in [0.2, 0.25) is 0 Å². The summed E-state index contributed by atoms with van der Waals surface area (Å²) in [5.41, 5.74) is -0.268. The topological polar surface area (TPSA) is 72.5 Å². The molecule has 1 aromatic rings. The molecule has 0 saturated heterocycles. The molecule has 0 unspecified atom stereocenters. The van der Waals surface area contributed by atoms with E-state index in [0.29, 0.717) is 4.47 Å². The molecular formula is C12H15BrClNO4S. The molecule has 1 rings (SSSR count). The van der Waals surface area contributed by atoms with Crippen molar-refractivity contribution >= 4 is 41.6 Å². The number of methoxy groups -OCH3 is 1. The number of hydrogen-bond acceptors (Lipinski definition) is 4. The van der Waals surface area contributed by atoms with E-state index in [1.54, 1.807) is 0 Å². The molecule has 8 heteroatoms. The first kappa shape index (κ1) is 17.3. The molecule has 0 fully saturated rings. The number of benzene rings is 1. The molecule has 5 nitrogen and oxygen atoms in total. The second kappa shape index (κ2) is 5.91. The number of nitrogens with one attached hydrogen (secondary N) is 1. The predicted octanol–water partition coefficient (Wildman–Crippen LogP) is 2.91. The summed E-state index contributed by atoms with van der Waals surface area (Å²) in [6.07, 6.45) is 0. The Balaban J connectivity index is 3.39. The molecule has 0 aliphatic heterocycles. The number of hydrogen-bond donors (Lipinski definition) is 1. The van der Waals surface area contributed by atoms with Gasteiger partial charge >= 0.3 is 0 Å². The Morgan fingerprint density at radius 1 is 1.35 bits per heavy atom. The van der Waals surface area contributed by atoms with Crippen LogP contribution in [0, 0.1) is 0 Å². The van der Waals surface area contributed by atoms with Crippen molar-refractivity contribution in [3.05, 3.63) is 22.2 Å². The molecule has 1 aromatic carbocycles. The first-order chi connectivity index (χ1) is 8.95. The SMILES string of the molecule is COc1c(Br)cc(C(=O)NC(C)(C)C)cc1S(=O)(=O)Cl. The van der Waals surface area contributed by atoms with Crippen molar-refractivity contribution in [3.8, 4) is 5.75 Å². The second-order valence-electron chi connectivity index (χ2n) is 5.13. The zero-order valence-electron chi connectivity index (χ0n) is 11.5. The number of rotatable bonds is 3. The summed E-state index contributed by atoms with van der Waals surface area (Å²) in [6.45, 7) is 5.47. The molecule has 112 valence electrons. The van der Waals surface area contributed by atoms with Gasteiger partial charge in [-0.25, -0.2) is 8.42 Å². The summed E-state index contributed by atoms with van der Waals surface area (Å²) in [6, 6.07) is 2.67. The molecule has 0 aromatic heterocycles. The van der Waals surface area contributed by atoms with E-state index >= 15 is 0 Å². The molecule has 0 saturated carbocycles. The molecule has 1 amide bonds. The number of amides is 1. The summed E-state index contributed by atoms with van der Waals surface area (Å²) in [5.74, 6) is -0.338. The van der Waals surface area contributed by atoms with E-state index in [9.17, 15) is 13.2 Å². The third-order valence-electron chi connectivity index (χ3n) is 2.23. The Kier molecular flexibility index (Phi) is 5.10. The van der Waals surface area contributed by atoms with Crippen LogP contribution in [-0.2, 0) is 9.05 Å². The number of halogens is 2. The van der Waals surface area contributed by atoms with Crippen LogP contribution in [0.15, 0.2) is 21.5 Å². The third kappa shape index (κ3) is 4.36. The van der Waals surface area contributed by atoms with Crippen LogP contribution >= 0.6 is 26.6 Å². The van der Waals surface area contributed by atoms with Gasteiger partial charge in [-0.3, -0.25) is 4.79 Å². The number of carbonyl (C=O) groups excluding carboxylic acids is 1. The van der Waals surface area contributed by atoms with Gasteiger partial charge in [-0.05, 0) is 48.8 Å². The first-order valence-corrected chi connectivity index (χ1v) is 8.70. The van der Waals surface area contributed by atoms with Crippen molar-refractivity contribution in [1.29, 1.82) is 0 Å². The minimum absolute atomic E-state index is 0.0623. The highest BCUT2D eigenvalue weighted by molar-refractivity contribution is 9.10. The molecule has 0 heterocycles. The minimum atomic E-state index is -4.03. The lowest BCUT2D eigenvalue weighted by Gasteiger charge is -2.21. The van der Waals surface area contributed by atoms with Crippen LogP contribution in [0.3, 0.4) is 0 Å². The van der Waals surface area contributed by atoms with Crippen LogP contribution in [0.2, 0.25) is 0 Å². The number of ether oxygens (including phenoxy) is 1. The summed E-state index contributed by atoms with van der Waals surface area (Å²) in [4.78, 5) is 11.8. The van der Waals surface area contributed by atoms with Crippen molar-refractivity contribution in [2.75, 3.05) is 7.11 Å². The van der Waals surface area contributed by atoms with Gasteiger partial charge in [-0.2, -0.15) is 0 Å². The standard InChI is InChI=1S/C12H15BrClNO4S/c1-12(2,3)15-11(16)7-5-8(13)10(19-4)9(6-7)20(14,17)18/h5-6H,1-4H3,(H,15,16). The van der Waals surface area contributed by atoms with Crippen LogP contribution in [0.5, 0.6) is 5.75 Å². The predicted molar refractivity (Wildman–Crippen MR) is 81.0 cm³/mol. The second-order valence-corrected chi connectivity index (χ2v) is 8.52. The fraction of sp³-hybridized carbons (Fsp3) is 0.417. The van der Waals surface area contributed by atoms with E-state index in [4.69, 9.17) is 15.4 Å². The van der Waals surface area contributed by atoms with Gasteiger partial charge in [-0.1, -0.05) is 0 Å². The summed E-state index contributed by atoms with van der Waals surface area (Å²) < 4.78 is 28.4. The zero-order chi connectivity index (χ0) is 15.7. The van der Waals surface area contributed by atoms with E-state index < -0.39 is 20.5 Å². The van der Waals surface area contributed by atoms with Crippen LogP contribution in [0.1, 0.15) is 31.1 Å². The van der Waals surface area contributed by atoms with E-state index in [-0.39, 0.29) is 16.2 Å². The lowest BCUT2D eigenvalue weighted by atomic mass is 10.1. The van der Waals surface area contributed by atoms with E-state index in [1.807, 2.05) is 20.8 Å². The third-order valence-corrected chi connectivity index (χ3v) is 4.14. The monoisotopic (exact) mass is 383 g/mol. The van der Waals surface area contributed by atoms with Crippen molar-refractivity contribution in [2.45, 2.75) is 31.2 Å². The Labute approximate surface area is 131 Å². The van der Waals surface area contributed by atoms with Gasteiger partial charge in [0.05, 0.1) is 11.6 Å². The summed E-state index contributed by atoms with van der Waals surface area (Å²) in [5, 5.41) is 2.74. The quantitative estimate of drug-likeness (QED) is 0.813. The first-order valence-electron chi connectivity index (χ1n) is 5.60. The van der Waals surface area contributed by atoms with Crippen LogP contribution < -0.4 is 10.1 Å².